The maximum absolute atomic E-state index is 5.72. The molecule has 3 fully saturated rings. The molecule has 3 aliphatic rings. The Morgan fingerprint density at radius 2 is 2.07 bits per heavy atom. The topological polar surface area (TPSA) is 31.0 Å². The fourth-order valence-corrected chi connectivity index (χ4v) is 2.64. The molecule has 0 N–H and O–H groups in total. The predicted molar refractivity (Wildman–Crippen MR) is 51.3 cm³/mol. The molecule has 2 saturated heterocycles. The second kappa shape index (κ2) is 3.63. The summed E-state index contributed by atoms with van der Waals surface area (Å²) in [5, 5.41) is 0. The van der Waals surface area contributed by atoms with Gasteiger partial charge in [-0.3, -0.25) is 0 Å². The minimum Gasteiger partial charge on any atom is -0.370 e. The lowest BCUT2D eigenvalue weighted by Gasteiger charge is -2.23. The summed E-state index contributed by atoms with van der Waals surface area (Å²) >= 11 is 5.72. The first-order chi connectivity index (χ1) is 6.86. The summed E-state index contributed by atoms with van der Waals surface area (Å²) in [5.41, 5.74) is 0. The normalized spacial score (nSPS) is 51.6. The van der Waals surface area contributed by atoms with E-state index in [0.717, 1.165) is 6.42 Å². The molecule has 1 saturated carbocycles. The van der Waals surface area contributed by atoms with E-state index < -0.39 is 0 Å². The van der Waals surface area contributed by atoms with E-state index in [1.807, 2.05) is 0 Å². The minimum atomic E-state index is -0.0242. The highest BCUT2D eigenvalue weighted by atomic mass is 35.5. The maximum atomic E-state index is 5.72. The van der Waals surface area contributed by atoms with E-state index >= 15 is 0 Å². The Labute approximate surface area is 88.7 Å². The van der Waals surface area contributed by atoms with Crippen LogP contribution in [0.3, 0.4) is 0 Å². The van der Waals surface area contributed by atoms with Crippen LogP contribution in [0.15, 0.2) is 0 Å². The lowest BCUT2D eigenvalue weighted by atomic mass is 9.89. The molecule has 3 rings (SSSR count). The van der Waals surface area contributed by atoms with Gasteiger partial charge >= 0.3 is 0 Å². The Bertz CT molecular complexity index is 223. The smallest absolute Gasteiger partial charge is 0.161 e. The molecule has 0 radical (unpaired) electrons. The van der Waals surface area contributed by atoms with Crippen LogP contribution in [0.25, 0.3) is 0 Å². The van der Waals surface area contributed by atoms with Gasteiger partial charge in [-0.15, -0.1) is 11.6 Å². The number of fused-ring (bicyclic) bond motifs is 1. The van der Waals surface area contributed by atoms with Gasteiger partial charge in [-0.25, -0.2) is 0 Å². The fourth-order valence-electron chi connectivity index (χ4n) is 2.48. The number of hydrogen-bond acceptors (Lipinski definition) is 3. The molecule has 2 aliphatic heterocycles. The van der Waals surface area contributed by atoms with Gasteiger partial charge in [0.15, 0.2) is 6.29 Å². The molecule has 0 unspecified atom stereocenters. The average molecular weight is 219 g/mol. The number of alkyl halides is 1. The van der Waals surface area contributed by atoms with Crippen LogP contribution >= 0.6 is 11.6 Å². The maximum Gasteiger partial charge on any atom is 0.161 e. The van der Waals surface area contributed by atoms with E-state index in [1.165, 1.54) is 12.8 Å². The molecular weight excluding hydrogens is 204 g/mol. The van der Waals surface area contributed by atoms with E-state index in [4.69, 9.17) is 25.8 Å². The van der Waals surface area contributed by atoms with Crippen molar-refractivity contribution in [1.82, 2.24) is 0 Å². The first-order valence-electron chi connectivity index (χ1n) is 5.35. The molecule has 2 heterocycles. The van der Waals surface area contributed by atoms with Gasteiger partial charge in [-0.1, -0.05) is 0 Å². The van der Waals surface area contributed by atoms with Crippen molar-refractivity contribution >= 4 is 11.6 Å². The molecule has 3 nitrogen and oxygen atoms in total. The molecule has 80 valence electrons. The summed E-state index contributed by atoms with van der Waals surface area (Å²) in [5.74, 6) is 1.05. The van der Waals surface area contributed by atoms with E-state index in [1.54, 1.807) is 0 Å². The zero-order valence-electron chi connectivity index (χ0n) is 8.02. The van der Waals surface area contributed by atoms with Crippen molar-refractivity contribution in [2.75, 3.05) is 12.5 Å². The van der Waals surface area contributed by atoms with Gasteiger partial charge in [0, 0.05) is 5.92 Å². The van der Waals surface area contributed by atoms with Crippen molar-refractivity contribution in [3.05, 3.63) is 0 Å². The van der Waals surface area contributed by atoms with Crippen LogP contribution in [-0.2, 0) is 14.2 Å². The first-order valence-corrected chi connectivity index (χ1v) is 5.89. The lowest BCUT2D eigenvalue weighted by Crippen LogP contribution is -2.27. The minimum absolute atomic E-state index is 0.0242. The van der Waals surface area contributed by atoms with Gasteiger partial charge in [-0.05, 0) is 19.3 Å². The second-order valence-electron chi connectivity index (χ2n) is 4.40. The molecule has 1 aliphatic carbocycles. The zero-order valence-corrected chi connectivity index (χ0v) is 8.78. The van der Waals surface area contributed by atoms with Crippen LogP contribution in [0.2, 0.25) is 0 Å². The third-order valence-electron chi connectivity index (χ3n) is 3.37. The van der Waals surface area contributed by atoms with Gasteiger partial charge in [0.25, 0.3) is 0 Å². The lowest BCUT2D eigenvalue weighted by molar-refractivity contribution is -0.100. The Morgan fingerprint density at radius 3 is 2.79 bits per heavy atom. The number of halogens is 1. The Kier molecular flexibility index (Phi) is 2.44. The number of epoxide rings is 1. The Morgan fingerprint density at radius 1 is 1.14 bits per heavy atom. The summed E-state index contributed by atoms with van der Waals surface area (Å²) < 4.78 is 16.8. The molecule has 0 aromatic rings. The number of hydrogen-bond donors (Lipinski definition) is 0. The quantitative estimate of drug-likeness (QED) is 0.520. The molecule has 0 amide bonds. The van der Waals surface area contributed by atoms with Gasteiger partial charge in [0.2, 0.25) is 0 Å². The molecule has 0 bridgehead atoms. The average Bonchev–Trinajstić information content (AvgIpc) is 2.84. The molecule has 0 spiro atoms. The summed E-state index contributed by atoms with van der Waals surface area (Å²) in [6.45, 7) is 0.652. The molecule has 5 atom stereocenters. The highest BCUT2D eigenvalue weighted by Gasteiger charge is 2.47. The predicted octanol–water partition coefficient (Wildman–Crippen LogP) is 1.53. The largest absolute Gasteiger partial charge is 0.370 e. The summed E-state index contributed by atoms with van der Waals surface area (Å²) in [6, 6.07) is 0. The standard InChI is InChI=1S/C10H15ClO3/c11-4-7-5-12-10(13-7)6-1-2-8-9(3-6)14-8/h6-10H,1-5H2/t6-,7-,8+,9+,10+/m1/s1. The molecular formula is C10H15ClO3. The van der Waals surface area contributed by atoms with Gasteiger partial charge in [-0.2, -0.15) is 0 Å². The van der Waals surface area contributed by atoms with Crippen LogP contribution in [0.1, 0.15) is 19.3 Å². The van der Waals surface area contributed by atoms with Crippen molar-refractivity contribution in [3.8, 4) is 0 Å². The summed E-state index contributed by atoms with van der Waals surface area (Å²) in [4.78, 5) is 0. The van der Waals surface area contributed by atoms with E-state index in [9.17, 15) is 0 Å². The van der Waals surface area contributed by atoms with Gasteiger partial charge in [0.05, 0.1) is 30.8 Å². The molecule has 14 heavy (non-hydrogen) atoms. The van der Waals surface area contributed by atoms with E-state index in [2.05, 4.69) is 0 Å². The van der Waals surface area contributed by atoms with Crippen LogP contribution in [-0.4, -0.2) is 37.1 Å². The first kappa shape index (κ1) is 9.40. The monoisotopic (exact) mass is 218 g/mol. The van der Waals surface area contributed by atoms with Crippen molar-refractivity contribution in [2.24, 2.45) is 5.92 Å². The van der Waals surface area contributed by atoms with Gasteiger partial charge < -0.3 is 14.2 Å². The van der Waals surface area contributed by atoms with E-state index in [0.29, 0.717) is 30.6 Å². The third kappa shape index (κ3) is 1.67. The highest BCUT2D eigenvalue weighted by molar-refractivity contribution is 6.18. The van der Waals surface area contributed by atoms with Crippen LogP contribution < -0.4 is 0 Å². The van der Waals surface area contributed by atoms with Crippen molar-refractivity contribution in [3.63, 3.8) is 0 Å². The number of ether oxygens (including phenoxy) is 3. The number of rotatable bonds is 2. The fraction of sp³-hybridized carbons (Fsp3) is 1.00. The van der Waals surface area contributed by atoms with Crippen LogP contribution in [0.5, 0.6) is 0 Å². The summed E-state index contributed by atoms with van der Waals surface area (Å²) in [7, 11) is 0. The third-order valence-corrected chi connectivity index (χ3v) is 3.72. The zero-order chi connectivity index (χ0) is 9.54. The Hall–Kier alpha value is 0.170. The van der Waals surface area contributed by atoms with Crippen LogP contribution in [0, 0.1) is 5.92 Å². The SMILES string of the molecule is ClC[C@@H]1CO[C@H]([C@@H]2CC[C@@H]3O[C@H]3C2)O1. The highest BCUT2D eigenvalue weighted by Crippen LogP contribution is 2.42. The van der Waals surface area contributed by atoms with Crippen LogP contribution in [0.4, 0.5) is 0 Å². The van der Waals surface area contributed by atoms with Crippen molar-refractivity contribution in [2.45, 2.75) is 43.9 Å². The van der Waals surface area contributed by atoms with Gasteiger partial charge in [0.1, 0.15) is 0 Å². The van der Waals surface area contributed by atoms with Crippen molar-refractivity contribution in [1.29, 1.82) is 0 Å². The van der Waals surface area contributed by atoms with E-state index in [-0.39, 0.29) is 12.4 Å². The second-order valence-corrected chi connectivity index (χ2v) is 4.71. The Balaban J connectivity index is 1.55. The molecule has 4 heteroatoms. The summed E-state index contributed by atoms with van der Waals surface area (Å²) in [6.07, 6.45) is 4.56. The molecule has 0 aromatic heterocycles. The van der Waals surface area contributed by atoms with Crippen molar-refractivity contribution < 1.29 is 14.2 Å². The molecule has 0 aromatic carbocycles.